The molecule has 37 heavy (non-hydrogen) atoms. The fourth-order valence-electron chi connectivity index (χ4n) is 3.89. The van der Waals surface area contributed by atoms with Gasteiger partial charge in [-0.25, -0.2) is 9.78 Å². The summed E-state index contributed by atoms with van der Waals surface area (Å²) in [5.41, 5.74) is 1.52. The lowest BCUT2D eigenvalue weighted by atomic mass is 9.98. The molecule has 1 fully saturated rings. The number of fused-ring (bicyclic) bond motifs is 1. The number of para-hydroxylation sites is 1. The van der Waals surface area contributed by atoms with Gasteiger partial charge >= 0.3 is 5.97 Å². The first-order valence-corrected chi connectivity index (χ1v) is 14.8. The zero-order chi connectivity index (χ0) is 26.7. The number of nitrogens with zero attached hydrogens (tertiary/aromatic N) is 2. The number of amides is 2. The van der Waals surface area contributed by atoms with Gasteiger partial charge in [0, 0.05) is 0 Å². The van der Waals surface area contributed by atoms with Crippen molar-refractivity contribution in [2.24, 2.45) is 0 Å². The number of likely N-dealkylation sites (tertiary alicyclic amines) is 1. The number of nitrogens with one attached hydrogen (secondary N) is 1. The molecule has 0 spiro atoms. The predicted molar refractivity (Wildman–Crippen MR) is 150 cm³/mol. The molecule has 4 rings (SSSR count). The zero-order valence-electron chi connectivity index (χ0n) is 21.1. The van der Waals surface area contributed by atoms with Crippen LogP contribution < -0.4 is 5.32 Å². The van der Waals surface area contributed by atoms with Crippen LogP contribution in [0.5, 0.6) is 0 Å². The normalized spacial score (nSPS) is 18.3. The van der Waals surface area contributed by atoms with E-state index in [4.69, 9.17) is 4.74 Å². The summed E-state index contributed by atoms with van der Waals surface area (Å²) >= 11 is 1.55. The second-order valence-corrected chi connectivity index (χ2v) is 13.3. The van der Waals surface area contributed by atoms with E-state index in [1.165, 1.54) is 26.5 Å². The van der Waals surface area contributed by atoms with E-state index in [-0.39, 0.29) is 18.2 Å². The second kappa shape index (κ2) is 11.3. The lowest BCUT2D eigenvalue weighted by Gasteiger charge is -2.49. The Labute approximate surface area is 228 Å². The number of hydrogen-bond donors (Lipinski definition) is 1. The molecule has 0 aliphatic carbocycles. The second-order valence-electron chi connectivity index (χ2n) is 9.75. The van der Waals surface area contributed by atoms with Crippen molar-refractivity contribution in [3.8, 4) is 0 Å². The third-order valence-electron chi connectivity index (χ3n) is 5.47. The Morgan fingerprint density at radius 3 is 2.49 bits per heavy atom. The number of ether oxygens (including phenoxy) is 1. The number of benzene rings is 2. The van der Waals surface area contributed by atoms with E-state index in [0.717, 1.165) is 20.1 Å². The maximum Gasteiger partial charge on any atom is 0.333 e. The first kappa shape index (κ1) is 27.2. The van der Waals surface area contributed by atoms with Crippen LogP contribution in [0.15, 0.2) is 71.1 Å². The summed E-state index contributed by atoms with van der Waals surface area (Å²) in [7, 11) is 2.81. The van der Waals surface area contributed by atoms with Gasteiger partial charge in [0.15, 0.2) is 10.4 Å². The summed E-state index contributed by atoms with van der Waals surface area (Å²) in [6, 6.07) is 15.5. The Kier molecular flexibility index (Phi) is 8.30. The molecule has 0 radical (unpaired) electrons. The molecule has 7 nitrogen and oxygen atoms in total. The standard InChI is InChI=1S/C27H29N3O4S3/c1-16(2)22(25(33)34-27(3,4)5)30-23(32)21(29-20(31)15-17-11-7-6-8-12-17)24(30)36-37-26-28-18-13-9-10-14-19(18)35-26/h6-14,21-22,24H,1,15H2,2-5H3,(H,29,31). The van der Waals surface area contributed by atoms with Crippen molar-refractivity contribution in [1.82, 2.24) is 15.2 Å². The maximum absolute atomic E-state index is 13.4. The van der Waals surface area contributed by atoms with Crippen LogP contribution >= 0.6 is 32.9 Å². The fraction of sp³-hybridized carbons (Fsp3) is 0.333. The van der Waals surface area contributed by atoms with Crippen LogP contribution in [0.4, 0.5) is 0 Å². The van der Waals surface area contributed by atoms with Gasteiger partial charge in [-0.2, -0.15) is 0 Å². The van der Waals surface area contributed by atoms with Crippen LogP contribution in [0.2, 0.25) is 0 Å². The van der Waals surface area contributed by atoms with Gasteiger partial charge in [-0.15, -0.1) is 11.3 Å². The predicted octanol–water partition coefficient (Wildman–Crippen LogP) is 5.22. The summed E-state index contributed by atoms with van der Waals surface area (Å²) in [6.07, 6.45) is 0.156. The van der Waals surface area contributed by atoms with E-state index in [9.17, 15) is 14.4 Å². The van der Waals surface area contributed by atoms with Gasteiger partial charge in [0.25, 0.3) is 0 Å². The van der Waals surface area contributed by atoms with Crippen LogP contribution in [0.3, 0.4) is 0 Å². The number of esters is 1. The van der Waals surface area contributed by atoms with Gasteiger partial charge in [-0.1, -0.05) is 59.8 Å². The van der Waals surface area contributed by atoms with Crippen LogP contribution in [-0.2, 0) is 25.5 Å². The molecule has 1 aliphatic rings. The smallest absolute Gasteiger partial charge is 0.333 e. The molecule has 1 aliphatic heterocycles. The van der Waals surface area contributed by atoms with Crippen LogP contribution in [0.25, 0.3) is 10.2 Å². The number of carbonyl (C=O) groups is 3. The molecular weight excluding hydrogens is 527 g/mol. The molecule has 0 saturated carbocycles. The fourth-order valence-corrected chi connectivity index (χ4v) is 7.85. The summed E-state index contributed by atoms with van der Waals surface area (Å²) in [5, 5.41) is 2.36. The molecule has 10 heteroatoms. The monoisotopic (exact) mass is 555 g/mol. The van der Waals surface area contributed by atoms with Gasteiger partial charge in [-0.05, 0) is 61.8 Å². The SMILES string of the molecule is C=C(C)C(C(=O)OC(C)(C)C)N1C(=O)C(NC(=O)Cc2ccccc2)C1SSc1nc2ccccc2s1. The van der Waals surface area contributed by atoms with Gasteiger partial charge in [0.1, 0.15) is 17.0 Å². The van der Waals surface area contributed by atoms with Crippen molar-refractivity contribution < 1.29 is 19.1 Å². The van der Waals surface area contributed by atoms with Gasteiger partial charge in [-0.3, -0.25) is 9.59 Å². The first-order valence-electron chi connectivity index (χ1n) is 11.8. The van der Waals surface area contributed by atoms with Crippen LogP contribution in [-0.4, -0.2) is 50.7 Å². The molecule has 3 unspecified atom stereocenters. The van der Waals surface area contributed by atoms with Crippen LogP contribution in [0.1, 0.15) is 33.3 Å². The number of rotatable bonds is 9. The quantitative estimate of drug-likeness (QED) is 0.168. The summed E-state index contributed by atoms with van der Waals surface area (Å²) in [6.45, 7) is 11.0. The highest BCUT2D eigenvalue weighted by Crippen LogP contribution is 2.45. The van der Waals surface area contributed by atoms with E-state index >= 15 is 0 Å². The van der Waals surface area contributed by atoms with E-state index < -0.39 is 29.0 Å². The molecule has 2 amide bonds. The summed E-state index contributed by atoms with van der Waals surface area (Å²) in [5.74, 6) is -1.15. The molecule has 3 atom stereocenters. The largest absolute Gasteiger partial charge is 0.458 e. The van der Waals surface area contributed by atoms with Gasteiger partial charge in [0.2, 0.25) is 11.8 Å². The minimum absolute atomic E-state index is 0.156. The molecule has 3 aromatic rings. The average molecular weight is 556 g/mol. The molecule has 1 saturated heterocycles. The molecule has 0 bridgehead atoms. The zero-order valence-corrected chi connectivity index (χ0v) is 23.5. The van der Waals surface area contributed by atoms with E-state index in [0.29, 0.717) is 5.57 Å². The highest BCUT2D eigenvalue weighted by molar-refractivity contribution is 8.77. The lowest BCUT2D eigenvalue weighted by molar-refractivity contribution is -0.169. The van der Waals surface area contributed by atoms with Crippen molar-refractivity contribution in [3.05, 3.63) is 72.3 Å². The van der Waals surface area contributed by atoms with Crippen molar-refractivity contribution in [3.63, 3.8) is 0 Å². The number of aromatic nitrogens is 1. The van der Waals surface area contributed by atoms with E-state index in [1.54, 1.807) is 39.0 Å². The molecule has 2 heterocycles. The van der Waals surface area contributed by atoms with Gasteiger partial charge in [0.05, 0.1) is 16.6 Å². The van der Waals surface area contributed by atoms with Crippen molar-refractivity contribution >= 4 is 60.9 Å². The lowest BCUT2D eigenvalue weighted by Crippen LogP contribution is -2.73. The molecule has 2 aromatic carbocycles. The minimum atomic E-state index is -0.956. The Morgan fingerprint density at radius 2 is 1.84 bits per heavy atom. The van der Waals surface area contributed by atoms with Crippen molar-refractivity contribution in [2.75, 3.05) is 0 Å². The Bertz CT molecular complexity index is 1290. The summed E-state index contributed by atoms with van der Waals surface area (Å²) in [4.78, 5) is 45.4. The number of carbonyl (C=O) groups excluding carboxylic acids is 3. The maximum atomic E-state index is 13.4. The molecule has 1 N–H and O–H groups in total. The minimum Gasteiger partial charge on any atom is -0.458 e. The Balaban J connectivity index is 1.55. The molecule has 194 valence electrons. The molecular formula is C27H29N3O4S3. The molecule has 1 aromatic heterocycles. The highest BCUT2D eigenvalue weighted by Gasteiger charge is 2.54. The van der Waals surface area contributed by atoms with E-state index in [1.807, 2.05) is 54.6 Å². The third-order valence-corrected chi connectivity index (χ3v) is 9.50. The average Bonchev–Trinajstić information content (AvgIpc) is 3.24. The van der Waals surface area contributed by atoms with Crippen LogP contribution in [0, 0.1) is 0 Å². The number of β-lactam (4-membered cyclic amide) rings is 1. The first-order chi connectivity index (χ1) is 17.5. The Hall–Kier alpha value is -2.82. The highest BCUT2D eigenvalue weighted by atomic mass is 33.1. The topological polar surface area (TPSA) is 88.6 Å². The third kappa shape index (κ3) is 6.55. The van der Waals surface area contributed by atoms with E-state index in [2.05, 4.69) is 16.9 Å². The summed E-state index contributed by atoms with van der Waals surface area (Å²) < 4.78 is 7.49. The van der Waals surface area contributed by atoms with Gasteiger partial charge < -0.3 is 15.0 Å². The van der Waals surface area contributed by atoms with Crippen molar-refractivity contribution in [2.45, 2.75) is 61.5 Å². The number of thiazole rings is 1. The number of hydrogen-bond acceptors (Lipinski definition) is 8. The van der Waals surface area contributed by atoms with Crippen molar-refractivity contribution in [1.29, 1.82) is 0 Å². The Morgan fingerprint density at radius 1 is 1.16 bits per heavy atom.